The summed E-state index contributed by atoms with van der Waals surface area (Å²) in [5, 5.41) is 0.912. The maximum atomic E-state index is 11.9. The molecule has 0 unspecified atom stereocenters. The Morgan fingerprint density at radius 1 is 0.741 bits per heavy atom. The van der Waals surface area contributed by atoms with Crippen molar-refractivity contribution in [3.05, 3.63) is 91.9 Å². The molecule has 0 amide bonds. The monoisotopic (exact) mass is 440 g/mol. The molecule has 0 N–H and O–H groups in total. The SMILES string of the molecule is C=CC(=O)c1c(Cl)cc(C(C)(C)c2cc(Cl)c(C(=O)C=C)c(Cl)c2)cc1Cl. The van der Waals surface area contributed by atoms with Crippen LogP contribution in [0.3, 0.4) is 0 Å². The minimum atomic E-state index is -0.605. The Balaban J connectivity index is 2.63. The van der Waals surface area contributed by atoms with Gasteiger partial charge < -0.3 is 0 Å². The van der Waals surface area contributed by atoms with Crippen LogP contribution in [-0.2, 0) is 5.41 Å². The molecule has 2 aromatic carbocycles. The van der Waals surface area contributed by atoms with E-state index in [1.54, 1.807) is 24.3 Å². The smallest absolute Gasteiger partial charge is 0.188 e. The van der Waals surface area contributed by atoms with E-state index in [2.05, 4.69) is 13.2 Å². The predicted molar refractivity (Wildman–Crippen MR) is 114 cm³/mol. The van der Waals surface area contributed by atoms with E-state index in [9.17, 15) is 9.59 Å². The first-order valence-electron chi connectivity index (χ1n) is 7.87. The third kappa shape index (κ3) is 4.14. The van der Waals surface area contributed by atoms with Gasteiger partial charge in [0, 0.05) is 5.41 Å². The van der Waals surface area contributed by atoms with E-state index in [1.807, 2.05) is 13.8 Å². The standard InChI is InChI=1S/C21H16Cl4O2/c1-5-17(26)19-13(22)7-11(8-14(19)23)21(3,4)12-9-15(24)20(16(25)10-12)18(27)6-2/h5-10H,1-2H2,3-4H3. The van der Waals surface area contributed by atoms with Gasteiger partial charge in [0.1, 0.15) is 0 Å². The Hall–Kier alpha value is -1.58. The van der Waals surface area contributed by atoms with Gasteiger partial charge in [-0.3, -0.25) is 9.59 Å². The van der Waals surface area contributed by atoms with Crippen molar-refractivity contribution in [3.8, 4) is 0 Å². The lowest BCUT2D eigenvalue weighted by atomic mass is 9.77. The second kappa shape index (κ2) is 8.20. The summed E-state index contributed by atoms with van der Waals surface area (Å²) in [5.74, 6) is -0.708. The molecule has 0 fully saturated rings. The second-order valence-corrected chi connectivity index (χ2v) is 8.02. The largest absolute Gasteiger partial charge is 0.289 e. The zero-order valence-electron chi connectivity index (χ0n) is 14.7. The van der Waals surface area contributed by atoms with Crippen molar-refractivity contribution in [2.45, 2.75) is 19.3 Å². The molecule has 27 heavy (non-hydrogen) atoms. The number of carbonyl (C=O) groups is 2. The van der Waals surface area contributed by atoms with E-state index >= 15 is 0 Å². The van der Waals surface area contributed by atoms with Crippen LogP contribution in [0.2, 0.25) is 20.1 Å². The lowest BCUT2D eigenvalue weighted by Crippen LogP contribution is -2.20. The number of hydrogen-bond acceptors (Lipinski definition) is 2. The molecule has 0 saturated carbocycles. The number of benzene rings is 2. The summed E-state index contributed by atoms with van der Waals surface area (Å²) >= 11 is 25.2. The molecule has 0 heterocycles. The molecule has 140 valence electrons. The molecule has 2 aromatic rings. The van der Waals surface area contributed by atoms with Crippen molar-refractivity contribution in [2.24, 2.45) is 0 Å². The van der Waals surface area contributed by atoms with Crippen molar-refractivity contribution >= 4 is 58.0 Å². The van der Waals surface area contributed by atoms with Gasteiger partial charge in [0.05, 0.1) is 31.2 Å². The van der Waals surface area contributed by atoms with Gasteiger partial charge in [0.25, 0.3) is 0 Å². The molecule has 0 bridgehead atoms. The van der Waals surface area contributed by atoms with Crippen LogP contribution in [0.1, 0.15) is 45.7 Å². The Morgan fingerprint density at radius 2 is 1.00 bits per heavy atom. The topological polar surface area (TPSA) is 34.1 Å². The summed E-state index contributed by atoms with van der Waals surface area (Å²) in [5.41, 5.74) is 1.32. The molecule has 0 saturated heterocycles. The average Bonchev–Trinajstić information content (AvgIpc) is 2.59. The molecular weight excluding hydrogens is 426 g/mol. The fourth-order valence-corrected chi connectivity index (χ4v) is 4.06. The molecule has 6 heteroatoms. The van der Waals surface area contributed by atoms with Gasteiger partial charge >= 0.3 is 0 Å². The summed E-state index contributed by atoms with van der Waals surface area (Å²) in [7, 11) is 0. The molecule has 0 spiro atoms. The predicted octanol–water partition coefficient (Wildman–Crippen LogP) is 7.36. The Morgan fingerprint density at radius 3 is 1.22 bits per heavy atom. The van der Waals surface area contributed by atoms with E-state index in [0.717, 1.165) is 23.3 Å². The Kier molecular flexibility index (Phi) is 6.59. The number of rotatable bonds is 6. The number of halogens is 4. The van der Waals surface area contributed by atoms with Gasteiger partial charge in [-0.25, -0.2) is 0 Å². The highest BCUT2D eigenvalue weighted by atomic mass is 35.5. The molecule has 2 nitrogen and oxygen atoms in total. The lowest BCUT2D eigenvalue weighted by Gasteiger charge is -2.28. The van der Waals surface area contributed by atoms with Crippen molar-refractivity contribution in [2.75, 3.05) is 0 Å². The molecule has 0 aliphatic rings. The molecule has 0 aromatic heterocycles. The van der Waals surface area contributed by atoms with Crippen LogP contribution < -0.4 is 0 Å². The van der Waals surface area contributed by atoms with E-state index in [4.69, 9.17) is 46.4 Å². The summed E-state index contributed by atoms with van der Waals surface area (Å²) < 4.78 is 0. The van der Waals surface area contributed by atoms with E-state index in [0.29, 0.717) is 0 Å². The van der Waals surface area contributed by atoms with Crippen molar-refractivity contribution < 1.29 is 9.59 Å². The quantitative estimate of drug-likeness (QED) is 0.346. The number of allylic oxidation sites excluding steroid dienone is 2. The maximum absolute atomic E-state index is 11.9. The molecule has 0 atom stereocenters. The van der Waals surface area contributed by atoms with Crippen LogP contribution in [0.5, 0.6) is 0 Å². The lowest BCUT2D eigenvalue weighted by molar-refractivity contribution is 0.103. The minimum Gasteiger partial charge on any atom is -0.289 e. The first-order valence-corrected chi connectivity index (χ1v) is 9.38. The first-order chi connectivity index (χ1) is 12.5. The van der Waals surface area contributed by atoms with Gasteiger partial charge in [-0.1, -0.05) is 73.4 Å². The molecule has 2 rings (SSSR count). The van der Waals surface area contributed by atoms with Crippen LogP contribution in [0.4, 0.5) is 0 Å². The highest BCUT2D eigenvalue weighted by Crippen LogP contribution is 2.40. The van der Waals surface area contributed by atoms with Gasteiger partial charge in [-0.2, -0.15) is 0 Å². The van der Waals surface area contributed by atoms with Crippen molar-refractivity contribution in [3.63, 3.8) is 0 Å². The number of ketones is 2. The third-order valence-corrected chi connectivity index (χ3v) is 5.58. The van der Waals surface area contributed by atoms with Crippen LogP contribution in [0, 0.1) is 0 Å². The van der Waals surface area contributed by atoms with E-state index in [-0.39, 0.29) is 42.8 Å². The van der Waals surface area contributed by atoms with Gasteiger partial charge in [0.2, 0.25) is 0 Å². The maximum Gasteiger partial charge on any atom is 0.188 e. The van der Waals surface area contributed by atoms with Crippen LogP contribution in [-0.4, -0.2) is 11.6 Å². The fraction of sp³-hybridized carbons (Fsp3) is 0.143. The summed E-state index contributed by atoms with van der Waals surface area (Å²) in [4.78, 5) is 23.9. The third-order valence-electron chi connectivity index (χ3n) is 4.39. The Bertz CT molecular complexity index is 851. The number of hydrogen-bond donors (Lipinski definition) is 0. The summed E-state index contributed by atoms with van der Waals surface area (Å²) in [6, 6.07) is 6.70. The second-order valence-electron chi connectivity index (χ2n) is 6.39. The zero-order valence-corrected chi connectivity index (χ0v) is 17.7. The van der Waals surface area contributed by atoms with Crippen LogP contribution in [0.25, 0.3) is 0 Å². The normalized spacial score (nSPS) is 11.2. The van der Waals surface area contributed by atoms with Gasteiger partial charge in [-0.15, -0.1) is 0 Å². The molecule has 0 radical (unpaired) electrons. The minimum absolute atomic E-state index is 0.205. The first kappa shape index (κ1) is 21.7. The summed E-state index contributed by atoms with van der Waals surface area (Å²) in [6.07, 6.45) is 2.32. The van der Waals surface area contributed by atoms with Crippen molar-refractivity contribution in [1.82, 2.24) is 0 Å². The highest BCUT2D eigenvalue weighted by molar-refractivity contribution is 6.41. The molecule has 0 aliphatic heterocycles. The van der Waals surface area contributed by atoms with Gasteiger partial charge in [-0.05, 0) is 47.5 Å². The fourth-order valence-electron chi connectivity index (χ4n) is 2.71. The zero-order chi connectivity index (χ0) is 20.5. The average molecular weight is 442 g/mol. The summed E-state index contributed by atoms with van der Waals surface area (Å²) in [6.45, 7) is 10.8. The van der Waals surface area contributed by atoms with E-state index < -0.39 is 5.41 Å². The van der Waals surface area contributed by atoms with Crippen LogP contribution in [0.15, 0.2) is 49.6 Å². The molecular formula is C21H16Cl4O2. The molecule has 0 aliphatic carbocycles. The van der Waals surface area contributed by atoms with Gasteiger partial charge in [0.15, 0.2) is 11.6 Å². The Labute approximate surface area is 178 Å². The van der Waals surface area contributed by atoms with Crippen molar-refractivity contribution in [1.29, 1.82) is 0 Å². The van der Waals surface area contributed by atoms with E-state index in [1.165, 1.54) is 0 Å². The van der Waals surface area contributed by atoms with Crippen LogP contribution >= 0.6 is 46.4 Å². The highest BCUT2D eigenvalue weighted by Gasteiger charge is 2.28. The number of carbonyl (C=O) groups excluding carboxylic acids is 2.